The number of imidazole rings is 1. The van der Waals surface area contributed by atoms with Crippen molar-refractivity contribution in [2.24, 2.45) is 0 Å². The van der Waals surface area contributed by atoms with E-state index in [0.29, 0.717) is 23.0 Å². The van der Waals surface area contributed by atoms with E-state index in [0.717, 1.165) is 24.6 Å². The van der Waals surface area contributed by atoms with Gasteiger partial charge in [0.2, 0.25) is 5.88 Å². The SMILES string of the molecule is COc1ncccc1-c1nc(C2CC(C)(C)OC(C)(C)C2)cn1-c1cc(F)cc(F)c1. The van der Waals surface area contributed by atoms with Gasteiger partial charge in [-0.3, -0.25) is 4.57 Å². The lowest BCUT2D eigenvalue weighted by Gasteiger charge is -2.45. The normalized spacial score (nSPS) is 18.2. The first-order valence-corrected chi connectivity index (χ1v) is 10.3. The first-order chi connectivity index (χ1) is 14.6. The molecule has 5 nitrogen and oxygen atoms in total. The molecule has 31 heavy (non-hydrogen) atoms. The third-order valence-corrected chi connectivity index (χ3v) is 5.50. The third kappa shape index (κ3) is 4.46. The van der Waals surface area contributed by atoms with E-state index in [-0.39, 0.29) is 17.1 Å². The van der Waals surface area contributed by atoms with Crippen LogP contribution < -0.4 is 4.74 Å². The number of benzene rings is 1. The smallest absolute Gasteiger partial charge is 0.224 e. The van der Waals surface area contributed by atoms with Gasteiger partial charge in [-0.2, -0.15) is 0 Å². The summed E-state index contributed by atoms with van der Waals surface area (Å²) < 4.78 is 41.4. The fourth-order valence-corrected chi connectivity index (χ4v) is 4.68. The van der Waals surface area contributed by atoms with E-state index < -0.39 is 11.6 Å². The van der Waals surface area contributed by atoms with Crippen LogP contribution in [0.2, 0.25) is 0 Å². The number of pyridine rings is 1. The van der Waals surface area contributed by atoms with Gasteiger partial charge in [-0.1, -0.05) is 0 Å². The second-order valence-corrected chi connectivity index (χ2v) is 9.27. The first kappa shape index (κ1) is 21.4. The minimum atomic E-state index is -0.650. The highest BCUT2D eigenvalue weighted by Crippen LogP contribution is 2.44. The average molecular weight is 427 g/mol. The molecule has 1 fully saturated rings. The van der Waals surface area contributed by atoms with Gasteiger partial charge in [0, 0.05) is 24.4 Å². The fourth-order valence-electron chi connectivity index (χ4n) is 4.68. The molecule has 1 aliphatic rings. The largest absolute Gasteiger partial charge is 0.480 e. The molecule has 0 aliphatic carbocycles. The van der Waals surface area contributed by atoms with Crippen LogP contribution in [0.4, 0.5) is 8.78 Å². The van der Waals surface area contributed by atoms with E-state index in [1.807, 2.05) is 12.3 Å². The lowest BCUT2D eigenvalue weighted by Crippen LogP contribution is -2.44. The summed E-state index contributed by atoms with van der Waals surface area (Å²) in [7, 11) is 1.53. The summed E-state index contributed by atoms with van der Waals surface area (Å²) in [6.45, 7) is 8.30. The zero-order valence-electron chi connectivity index (χ0n) is 18.4. The fraction of sp³-hybridized carbons (Fsp3) is 0.417. The minimum absolute atomic E-state index is 0.125. The molecule has 1 aliphatic heterocycles. The zero-order chi connectivity index (χ0) is 22.4. The number of aromatic nitrogens is 3. The van der Waals surface area contributed by atoms with Crippen molar-refractivity contribution in [3.63, 3.8) is 0 Å². The van der Waals surface area contributed by atoms with Crippen molar-refractivity contribution in [1.29, 1.82) is 0 Å². The number of methoxy groups -OCH3 is 1. The van der Waals surface area contributed by atoms with Crippen LogP contribution in [0.5, 0.6) is 5.88 Å². The quantitative estimate of drug-likeness (QED) is 0.538. The number of rotatable bonds is 4. The van der Waals surface area contributed by atoms with Crippen LogP contribution in [-0.2, 0) is 4.74 Å². The molecule has 0 unspecified atom stereocenters. The maximum absolute atomic E-state index is 14.0. The van der Waals surface area contributed by atoms with Crippen LogP contribution in [0.3, 0.4) is 0 Å². The monoisotopic (exact) mass is 427 g/mol. The highest BCUT2D eigenvalue weighted by molar-refractivity contribution is 5.64. The molecule has 4 rings (SSSR count). The Morgan fingerprint density at radius 1 is 1.06 bits per heavy atom. The zero-order valence-corrected chi connectivity index (χ0v) is 18.4. The maximum atomic E-state index is 14.0. The lowest BCUT2D eigenvalue weighted by atomic mass is 9.79. The minimum Gasteiger partial charge on any atom is -0.480 e. The Kier molecular flexibility index (Phi) is 5.33. The predicted octanol–water partition coefficient (Wildman–Crippen LogP) is 5.67. The molecule has 0 bridgehead atoms. The van der Waals surface area contributed by atoms with Gasteiger partial charge in [0.25, 0.3) is 0 Å². The van der Waals surface area contributed by atoms with Gasteiger partial charge in [0.15, 0.2) is 0 Å². The number of hydrogen-bond acceptors (Lipinski definition) is 4. The van der Waals surface area contributed by atoms with Crippen molar-refractivity contribution in [2.75, 3.05) is 7.11 Å². The molecule has 0 N–H and O–H groups in total. The highest BCUT2D eigenvalue weighted by atomic mass is 19.1. The molecule has 0 amide bonds. The number of halogens is 2. The topological polar surface area (TPSA) is 49.2 Å². The van der Waals surface area contributed by atoms with Gasteiger partial charge in [0.1, 0.15) is 17.5 Å². The Morgan fingerprint density at radius 2 is 1.71 bits per heavy atom. The summed E-state index contributed by atoms with van der Waals surface area (Å²) in [5, 5.41) is 0. The molecule has 0 atom stereocenters. The van der Waals surface area contributed by atoms with Gasteiger partial charge in [0.05, 0.1) is 35.3 Å². The second kappa shape index (κ2) is 7.71. The summed E-state index contributed by atoms with van der Waals surface area (Å²) in [5.41, 5.74) is 1.21. The van der Waals surface area contributed by atoms with Crippen molar-refractivity contribution in [2.45, 2.75) is 57.7 Å². The Labute approximate surface area is 181 Å². The molecular weight excluding hydrogens is 400 g/mol. The molecule has 0 radical (unpaired) electrons. The van der Waals surface area contributed by atoms with Gasteiger partial charge < -0.3 is 9.47 Å². The summed E-state index contributed by atoms with van der Waals surface area (Å²) in [6, 6.07) is 7.05. The van der Waals surface area contributed by atoms with Crippen LogP contribution in [-0.4, -0.2) is 32.8 Å². The summed E-state index contributed by atoms with van der Waals surface area (Å²) >= 11 is 0. The van der Waals surface area contributed by atoms with Gasteiger partial charge in [-0.15, -0.1) is 0 Å². The van der Waals surface area contributed by atoms with Crippen LogP contribution >= 0.6 is 0 Å². The van der Waals surface area contributed by atoms with Crippen LogP contribution in [0, 0.1) is 11.6 Å². The van der Waals surface area contributed by atoms with Crippen molar-refractivity contribution < 1.29 is 18.3 Å². The highest BCUT2D eigenvalue weighted by Gasteiger charge is 2.41. The number of hydrogen-bond donors (Lipinski definition) is 0. The Bertz CT molecular complexity index is 1070. The molecule has 2 aromatic heterocycles. The van der Waals surface area contributed by atoms with Crippen molar-refractivity contribution >= 4 is 0 Å². The van der Waals surface area contributed by atoms with Gasteiger partial charge >= 0.3 is 0 Å². The molecule has 0 saturated carbocycles. The predicted molar refractivity (Wildman–Crippen MR) is 114 cm³/mol. The Hall–Kier alpha value is -2.80. The standard InChI is InChI=1S/C24H27F2N3O2/c1-23(2)12-15(13-24(3,4)31-23)20-14-29(18-10-16(25)9-17(26)11-18)21(28-20)19-7-6-8-27-22(19)30-5/h6-11,14-15H,12-13H2,1-5H3. The van der Waals surface area contributed by atoms with Gasteiger partial charge in [-0.25, -0.2) is 18.7 Å². The summed E-state index contributed by atoms with van der Waals surface area (Å²) in [6.07, 6.45) is 5.06. The van der Waals surface area contributed by atoms with E-state index in [2.05, 4.69) is 32.7 Å². The molecule has 3 aromatic rings. The molecule has 7 heteroatoms. The third-order valence-electron chi connectivity index (χ3n) is 5.50. The van der Waals surface area contributed by atoms with E-state index in [9.17, 15) is 8.78 Å². The van der Waals surface area contributed by atoms with Gasteiger partial charge in [-0.05, 0) is 64.8 Å². The lowest BCUT2D eigenvalue weighted by molar-refractivity contribution is -0.162. The molecule has 3 heterocycles. The second-order valence-electron chi connectivity index (χ2n) is 9.27. The van der Waals surface area contributed by atoms with E-state index in [4.69, 9.17) is 14.5 Å². The molecule has 164 valence electrons. The first-order valence-electron chi connectivity index (χ1n) is 10.3. The number of ether oxygens (including phenoxy) is 2. The summed E-state index contributed by atoms with van der Waals surface area (Å²) in [4.78, 5) is 9.19. The van der Waals surface area contributed by atoms with Crippen LogP contribution in [0.25, 0.3) is 17.1 Å². The Balaban J connectivity index is 1.89. The van der Waals surface area contributed by atoms with E-state index in [1.54, 1.807) is 16.8 Å². The van der Waals surface area contributed by atoms with Crippen LogP contribution in [0.1, 0.15) is 52.1 Å². The van der Waals surface area contributed by atoms with Crippen molar-refractivity contribution in [3.8, 4) is 23.0 Å². The van der Waals surface area contributed by atoms with Crippen LogP contribution in [0.15, 0.2) is 42.7 Å². The summed E-state index contributed by atoms with van der Waals surface area (Å²) in [5.74, 6) is -0.261. The van der Waals surface area contributed by atoms with Crippen molar-refractivity contribution in [3.05, 3.63) is 60.1 Å². The molecule has 1 aromatic carbocycles. The molecular formula is C24H27F2N3O2. The molecule has 0 spiro atoms. The average Bonchev–Trinajstić information content (AvgIpc) is 3.10. The van der Waals surface area contributed by atoms with Crippen molar-refractivity contribution in [1.82, 2.24) is 14.5 Å². The van der Waals surface area contributed by atoms with E-state index >= 15 is 0 Å². The Morgan fingerprint density at radius 3 is 2.32 bits per heavy atom. The van der Waals surface area contributed by atoms with E-state index in [1.165, 1.54) is 19.2 Å². The molecule has 1 saturated heterocycles. The number of nitrogens with zero attached hydrogens (tertiary/aromatic N) is 3. The maximum Gasteiger partial charge on any atom is 0.224 e.